The fourth-order valence-corrected chi connectivity index (χ4v) is 4.81. The van der Waals surface area contributed by atoms with E-state index in [4.69, 9.17) is 0 Å². The molecule has 0 fully saturated rings. The van der Waals surface area contributed by atoms with Gasteiger partial charge < -0.3 is 0 Å². The number of amides is 1. The number of aromatic nitrogens is 1. The highest BCUT2D eigenvalue weighted by molar-refractivity contribution is 8.13. The van der Waals surface area contributed by atoms with E-state index in [1.165, 1.54) is 28.5 Å². The lowest BCUT2D eigenvalue weighted by atomic mass is 10.1. The van der Waals surface area contributed by atoms with Crippen LogP contribution in [0.5, 0.6) is 0 Å². The smallest absolute Gasteiger partial charge is 0.293 e. The third-order valence-electron chi connectivity index (χ3n) is 4.30. The summed E-state index contributed by atoms with van der Waals surface area (Å²) in [6.07, 6.45) is -4.37. The monoisotopic (exact) mass is 462 g/mol. The molecule has 0 saturated heterocycles. The number of benzene rings is 1. The highest BCUT2D eigenvalue weighted by atomic mass is 32.2. The number of fused-ring (bicyclic) bond motifs is 2. The van der Waals surface area contributed by atoms with Crippen molar-refractivity contribution in [2.75, 3.05) is 22.6 Å². The SMILES string of the molecule is CC.CCSC(=O)Nc1nc2c(s1)C1=C(CNN1c1cccc(F)c1C(F)(F)F)C2.[HH]. The number of nitrogens with zero attached hydrogens (tertiary/aromatic N) is 2. The molecule has 1 aliphatic heterocycles. The molecule has 4 rings (SSSR count). The second-order valence-electron chi connectivity index (χ2n) is 6.07. The zero-order chi connectivity index (χ0) is 22.1. The molecule has 2 heterocycles. The van der Waals surface area contributed by atoms with Crippen molar-refractivity contribution >= 4 is 44.9 Å². The average Bonchev–Trinajstić information content (AvgIpc) is 3.33. The molecule has 0 bridgehead atoms. The molecule has 0 saturated carbocycles. The third kappa shape index (κ3) is 4.19. The molecule has 1 amide bonds. The molecular weight excluding hydrogens is 440 g/mol. The summed E-state index contributed by atoms with van der Waals surface area (Å²) in [4.78, 5) is 16.8. The van der Waals surface area contributed by atoms with Crippen LogP contribution in [0.1, 0.15) is 38.3 Å². The quantitative estimate of drug-likeness (QED) is 0.536. The second-order valence-corrected chi connectivity index (χ2v) is 8.31. The summed E-state index contributed by atoms with van der Waals surface area (Å²) in [5.41, 5.74) is 3.42. The van der Waals surface area contributed by atoms with Crippen LogP contribution in [0.25, 0.3) is 5.70 Å². The molecule has 2 aliphatic rings. The molecule has 164 valence electrons. The molecule has 0 radical (unpaired) electrons. The first-order chi connectivity index (χ1) is 14.3. The predicted molar refractivity (Wildman–Crippen MR) is 115 cm³/mol. The molecule has 11 heteroatoms. The number of hydrogen-bond donors (Lipinski definition) is 2. The van der Waals surface area contributed by atoms with Gasteiger partial charge in [-0.1, -0.05) is 49.9 Å². The zero-order valence-electron chi connectivity index (χ0n) is 16.5. The lowest BCUT2D eigenvalue weighted by Gasteiger charge is -2.25. The summed E-state index contributed by atoms with van der Waals surface area (Å²) in [6.45, 7) is 6.20. The van der Waals surface area contributed by atoms with Crippen LogP contribution >= 0.6 is 23.1 Å². The fourth-order valence-electron chi connectivity index (χ4n) is 3.26. The van der Waals surface area contributed by atoms with Crippen molar-refractivity contribution in [2.45, 2.75) is 33.4 Å². The fraction of sp³-hybridized carbons (Fsp3) is 0.368. The van der Waals surface area contributed by atoms with E-state index in [-0.39, 0.29) is 12.4 Å². The van der Waals surface area contributed by atoms with Crippen molar-refractivity contribution in [3.05, 3.63) is 45.7 Å². The van der Waals surface area contributed by atoms with Crippen LogP contribution < -0.4 is 15.8 Å². The van der Waals surface area contributed by atoms with Crippen LogP contribution in [-0.2, 0) is 12.6 Å². The lowest BCUT2D eigenvalue weighted by Crippen LogP contribution is -2.33. The largest absolute Gasteiger partial charge is 0.421 e. The van der Waals surface area contributed by atoms with Gasteiger partial charge in [0.15, 0.2) is 5.13 Å². The van der Waals surface area contributed by atoms with E-state index in [9.17, 15) is 22.4 Å². The first-order valence-corrected chi connectivity index (χ1v) is 11.1. The van der Waals surface area contributed by atoms with E-state index in [1.807, 2.05) is 20.8 Å². The van der Waals surface area contributed by atoms with Crippen LogP contribution in [0, 0.1) is 5.82 Å². The Morgan fingerprint density at radius 3 is 2.80 bits per heavy atom. The van der Waals surface area contributed by atoms with Crippen molar-refractivity contribution in [1.29, 1.82) is 0 Å². The Hall–Kier alpha value is -2.11. The summed E-state index contributed by atoms with van der Waals surface area (Å²) in [5, 5.41) is 4.11. The Kier molecular flexibility index (Phi) is 6.73. The summed E-state index contributed by atoms with van der Waals surface area (Å²) in [6, 6.07) is 3.27. The number of carbonyl (C=O) groups is 1. The molecule has 1 aromatic carbocycles. The Morgan fingerprint density at radius 1 is 1.40 bits per heavy atom. The number of anilines is 2. The van der Waals surface area contributed by atoms with E-state index in [1.54, 1.807) is 0 Å². The summed E-state index contributed by atoms with van der Waals surface area (Å²) in [5.74, 6) is -0.711. The lowest BCUT2D eigenvalue weighted by molar-refractivity contribution is -0.139. The molecule has 30 heavy (non-hydrogen) atoms. The van der Waals surface area contributed by atoms with Crippen molar-refractivity contribution in [1.82, 2.24) is 10.4 Å². The highest BCUT2D eigenvalue weighted by Gasteiger charge is 2.42. The van der Waals surface area contributed by atoms with E-state index in [2.05, 4.69) is 15.7 Å². The maximum Gasteiger partial charge on any atom is 0.421 e. The van der Waals surface area contributed by atoms with Crippen molar-refractivity contribution < 1.29 is 23.8 Å². The summed E-state index contributed by atoms with van der Waals surface area (Å²) >= 11 is 2.30. The topological polar surface area (TPSA) is 57.3 Å². The number of hydrogen-bond acceptors (Lipinski definition) is 6. The van der Waals surface area contributed by atoms with Gasteiger partial charge in [0, 0.05) is 14.4 Å². The number of carbonyl (C=O) groups excluding carboxylic acids is 1. The number of halogens is 4. The minimum atomic E-state index is -4.84. The van der Waals surface area contributed by atoms with Gasteiger partial charge in [0.2, 0.25) is 0 Å². The van der Waals surface area contributed by atoms with Gasteiger partial charge >= 0.3 is 6.18 Å². The third-order valence-corrected chi connectivity index (χ3v) is 5.98. The molecule has 1 aliphatic carbocycles. The summed E-state index contributed by atoms with van der Waals surface area (Å²) < 4.78 is 54.4. The van der Waals surface area contributed by atoms with Crippen LogP contribution in [0.15, 0.2) is 23.8 Å². The minimum Gasteiger partial charge on any atom is -0.293 e. The van der Waals surface area contributed by atoms with Crippen molar-refractivity contribution in [2.24, 2.45) is 0 Å². The molecule has 2 aromatic rings. The molecule has 5 nitrogen and oxygen atoms in total. The van der Waals surface area contributed by atoms with Gasteiger partial charge in [0.1, 0.15) is 11.4 Å². The van der Waals surface area contributed by atoms with Crippen molar-refractivity contribution in [3.63, 3.8) is 0 Å². The number of thiazole rings is 1. The van der Waals surface area contributed by atoms with Crippen LogP contribution in [0.3, 0.4) is 0 Å². The van der Waals surface area contributed by atoms with Gasteiger partial charge in [-0.2, -0.15) is 13.2 Å². The van der Waals surface area contributed by atoms with E-state index < -0.39 is 17.6 Å². The summed E-state index contributed by atoms with van der Waals surface area (Å²) in [7, 11) is 0. The first-order valence-electron chi connectivity index (χ1n) is 9.34. The zero-order valence-corrected chi connectivity index (χ0v) is 18.1. The van der Waals surface area contributed by atoms with Gasteiger partial charge in [0.25, 0.3) is 5.24 Å². The number of hydrazine groups is 1. The Labute approximate surface area is 181 Å². The van der Waals surface area contributed by atoms with Crippen LogP contribution in [0.2, 0.25) is 0 Å². The normalized spacial score (nSPS) is 15.0. The number of nitrogens with one attached hydrogen (secondary N) is 2. The molecule has 0 unspecified atom stereocenters. The highest BCUT2D eigenvalue weighted by Crippen LogP contribution is 2.47. The molecule has 2 N–H and O–H groups in total. The van der Waals surface area contributed by atoms with Gasteiger partial charge in [-0.15, -0.1) is 0 Å². The maximum atomic E-state index is 14.0. The molecule has 0 atom stereocenters. The van der Waals surface area contributed by atoms with E-state index >= 15 is 0 Å². The maximum absolute atomic E-state index is 14.0. The van der Waals surface area contributed by atoms with Crippen molar-refractivity contribution in [3.8, 4) is 0 Å². The average molecular weight is 463 g/mol. The Balaban J connectivity index is 0.00000111. The van der Waals surface area contributed by atoms with Gasteiger partial charge in [-0.3, -0.25) is 15.1 Å². The van der Waals surface area contributed by atoms with Gasteiger partial charge in [0.05, 0.1) is 22.0 Å². The van der Waals surface area contributed by atoms with Crippen LogP contribution in [-0.4, -0.2) is 22.5 Å². The standard InChI is InChI=1S/C17H14F4N4OS2.C2H6.H2/c1-2-27-16(26)24-15-23-10-6-8-7-22-25(13(8)14(10)28-15)11-5-3-4-9(18)12(11)17(19,20)21;1-2;/h3-5,22H,2,6-7H2,1H3,(H,23,24,26);1-2H3;1H. The second kappa shape index (κ2) is 8.94. The molecule has 1 aromatic heterocycles. The number of rotatable bonds is 3. The minimum absolute atomic E-state index is 0. The molecular formula is C19H22F4N4OS2. The predicted octanol–water partition coefficient (Wildman–Crippen LogP) is 6.15. The number of thioether (sulfide) groups is 1. The molecule has 0 spiro atoms. The van der Waals surface area contributed by atoms with Crippen LogP contribution in [0.4, 0.5) is 33.2 Å². The van der Waals surface area contributed by atoms with E-state index in [0.29, 0.717) is 40.1 Å². The Morgan fingerprint density at radius 2 is 2.13 bits per heavy atom. The Bertz CT molecular complexity index is 994. The van der Waals surface area contributed by atoms with Gasteiger partial charge in [-0.05, 0) is 23.5 Å². The number of alkyl halides is 3. The first kappa shape index (κ1) is 22.6. The van der Waals surface area contributed by atoms with Gasteiger partial charge in [-0.25, -0.2) is 14.8 Å². The van der Waals surface area contributed by atoms with E-state index in [0.717, 1.165) is 23.4 Å².